The number of aryl methyl sites for hydroxylation is 3. The Morgan fingerprint density at radius 2 is 1.45 bits per heavy atom. The van der Waals surface area contributed by atoms with E-state index in [0.717, 1.165) is 24.3 Å². The average Bonchev–Trinajstić information content (AvgIpc) is 2.91. The second-order valence-electron chi connectivity index (χ2n) is 9.03. The van der Waals surface area contributed by atoms with E-state index in [1.807, 2.05) is 50.4 Å². The van der Waals surface area contributed by atoms with Crippen molar-refractivity contribution >= 4 is 5.78 Å². The van der Waals surface area contributed by atoms with Crippen molar-refractivity contribution in [2.75, 3.05) is 13.6 Å². The molecular weight excluding hydrogens is 474 g/mol. The van der Waals surface area contributed by atoms with Crippen molar-refractivity contribution in [2.45, 2.75) is 40.7 Å². The summed E-state index contributed by atoms with van der Waals surface area (Å²) in [7, 11) is 1.97. The SMILES string of the molecule is C.CNCCC(Oc1ccccc1C)c1ccccc1.Cc1ccc(C(=O)c2cc(C)c(O)c(O)c2)cc1. The largest absolute Gasteiger partial charge is 0.504 e. The molecule has 4 aromatic carbocycles. The number of ether oxygens (including phenoxy) is 1. The van der Waals surface area contributed by atoms with Gasteiger partial charge in [-0.2, -0.15) is 0 Å². The van der Waals surface area contributed by atoms with Crippen molar-refractivity contribution < 1.29 is 19.7 Å². The van der Waals surface area contributed by atoms with Crippen molar-refractivity contribution in [3.05, 3.63) is 124 Å². The number of hydrogen-bond acceptors (Lipinski definition) is 5. The molecule has 5 nitrogen and oxygen atoms in total. The predicted molar refractivity (Wildman–Crippen MR) is 155 cm³/mol. The molecule has 5 heteroatoms. The van der Waals surface area contributed by atoms with E-state index in [4.69, 9.17) is 4.74 Å². The van der Waals surface area contributed by atoms with Crippen LogP contribution in [0.2, 0.25) is 0 Å². The maximum absolute atomic E-state index is 12.2. The van der Waals surface area contributed by atoms with Crippen molar-refractivity contribution in [3.63, 3.8) is 0 Å². The third kappa shape index (κ3) is 8.22. The minimum absolute atomic E-state index is 0. The first-order chi connectivity index (χ1) is 17.8. The van der Waals surface area contributed by atoms with Crippen LogP contribution in [0.1, 0.15) is 58.1 Å². The van der Waals surface area contributed by atoms with Gasteiger partial charge in [-0.15, -0.1) is 0 Å². The van der Waals surface area contributed by atoms with Crippen LogP contribution in [0.3, 0.4) is 0 Å². The van der Waals surface area contributed by atoms with Gasteiger partial charge in [0.15, 0.2) is 17.3 Å². The highest BCUT2D eigenvalue weighted by molar-refractivity contribution is 6.09. The molecule has 38 heavy (non-hydrogen) atoms. The maximum atomic E-state index is 12.2. The van der Waals surface area contributed by atoms with Gasteiger partial charge in [-0.3, -0.25) is 4.79 Å². The van der Waals surface area contributed by atoms with E-state index in [0.29, 0.717) is 16.7 Å². The van der Waals surface area contributed by atoms with Gasteiger partial charge in [0.05, 0.1) is 0 Å². The first-order valence-electron chi connectivity index (χ1n) is 12.4. The van der Waals surface area contributed by atoms with Gasteiger partial charge in [-0.25, -0.2) is 0 Å². The van der Waals surface area contributed by atoms with Gasteiger partial charge in [-0.1, -0.05) is 85.8 Å². The van der Waals surface area contributed by atoms with Gasteiger partial charge >= 0.3 is 0 Å². The highest BCUT2D eigenvalue weighted by Gasteiger charge is 2.14. The van der Waals surface area contributed by atoms with Gasteiger partial charge in [0.1, 0.15) is 11.9 Å². The summed E-state index contributed by atoms with van der Waals surface area (Å²) in [5.74, 6) is 0.335. The standard InChI is InChI=1S/C17H21NO.C15H14O3.CH4/c1-14-8-6-7-11-16(14)19-17(12-13-18-2)15-9-4-3-5-10-15;1-9-3-5-11(6-4-9)15(18)12-7-10(2)14(17)13(16)8-12;/h3-11,17-18H,12-13H2,1-2H3;3-8,16-17H,1-2H3;1H4. The molecule has 4 rings (SSSR count). The van der Waals surface area contributed by atoms with Crippen molar-refractivity contribution in [1.29, 1.82) is 0 Å². The summed E-state index contributed by atoms with van der Waals surface area (Å²) in [6.07, 6.45) is 1.05. The number of aromatic hydroxyl groups is 2. The molecule has 0 amide bonds. The number of phenols is 2. The lowest BCUT2D eigenvalue weighted by Crippen LogP contribution is -2.16. The van der Waals surface area contributed by atoms with E-state index in [1.54, 1.807) is 25.1 Å². The first-order valence-corrected chi connectivity index (χ1v) is 12.4. The third-order valence-electron chi connectivity index (χ3n) is 6.05. The molecule has 200 valence electrons. The van der Waals surface area contributed by atoms with Crippen LogP contribution < -0.4 is 10.1 Å². The van der Waals surface area contributed by atoms with Crippen LogP contribution in [0.25, 0.3) is 0 Å². The Bertz CT molecular complexity index is 1280. The number of hydrogen-bond donors (Lipinski definition) is 3. The zero-order chi connectivity index (χ0) is 26.8. The number of carbonyl (C=O) groups is 1. The number of para-hydroxylation sites is 1. The Labute approximate surface area is 226 Å². The molecule has 0 aliphatic rings. The van der Waals surface area contributed by atoms with Gasteiger partial charge < -0.3 is 20.3 Å². The van der Waals surface area contributed by atoms with E-state index in [1.165, 1.54) is 17.2 Å². The predicted octanol–water partition coefficient (Wildman–Crippen LogP) is 7.31. The topological polar surface area (TPSA) is 78.8 Å². The van der Waals surface area contributed by atoms with E-state index in [9.17, 15) is 15.0 Å². The second-order valence-corrected chi connectivity index (χ2v) is 9.03. The molecule has 0 fully saturated rings. The monoisotopic (exact) mass is 513 g/mol. The molecule has 0 heterocycles. The van der Waals surface area contributed by atoms with Crippen LogP contribution in [0.4, 0.5) is 0 Å². The number of benzene rings is 4. The van der Waals surface area contributed by atoms with E-state index >= 15 is 0 Å². The molecule has 4 aromatic rings. The fourth-order valence-corrected chi connectivity index (χ4v) is 3.84. The number of rotatable bonds is 8. The van der Waals surface area contributed by atoms with Crippen LogP contribution in [-0.4, -0.2) is 29.6 Å². The Morgan fingerprint density at radius 3 is 2.05 bits per heavy atom. The summed E-state index contributed by atoms with van der Waals surface area (Å²) in [4.78, 5) is 12.2. The second kappa shape index (κ2) is 14.6. The molecule has 0 aliphatic carbocycles. The van der Waals surface area contributed by atoms with Gasteiger partial charge in [0, 0.05) is 17.5 Å². The first kappa shape index (κ1) is 30.1. The van der Waals surface area contributed by atoms with Crippen LogP contribution in [0.15, 0.2) is 91.0 Å². The molecule has 0 spiro atoms. The molecule has 0 aliphatic heterocycles. The molecule has 0 bridgehead atoms. The third-order valence-corrected chi connectivity index (χ3v) is 6.05. The summed E-state index contributed by atoms with van der Waals surface area (Å²) < 4.78 is 6.19. The molecule has 0 saturated carbocycles. The van der Waals surface area contributed by atoms with Gasteiger partial charge in [-0.05, 0) is 69.3 Å². The van der Waals surface area contributed by atoms with E-state index < -0.39 is 0 Å². The zero-order valence-corrected chi connectivity index (χ0v) is 21.9. The zero-order valence-electron chi connectivity index (χ0n) is 21.9. The van der Waals surface area contributed by atoms with Crippen LogP contribution in [0.5, 0.6) is 17.2 Å². The molecule has 0 radical (unpaired) electrons. The van der Waals surface area contributed by atoms with Crippen LogP contribution >= 0.6 is 0 Å². The molecule has 3 N–H and O–H groups in total. The van der Waals surface area contributed by atoms with Crippen molar-refractivity contribution in [2.24, 2.45) is 0 Å². The van der Waals surface area contributed by atoms with E-state index in [2.05, 4.69) is 42.6 Å². The van der Waals surface area contributed by atoms with E-state index in [-0.39, 0.29) is 30.8 Å². The summed E-state index contributed by atoms with van der Waals surface area (Å²) in [5, 5.41) is 22.2. The number of nitrogens with one attached hydrogen (secondary N) is 1. The summed E-state index contributed by atoms with van der Waals surface area (Å²) in [6, 6.07) is 28.6. The number of ketones is 1. The molecule has 1 unspecified atom stereocenters. The minimum atomic E-state index is -0.273. The minimum Gasteiger partial charge on any atom is -0.504 e. The molecule has 0 aromatic heterocycles. The quantitative estimate of drug-likeness (QED) is 0.170. The normalized spacial score (nSPS) is 10.9. The summed E-state index contributed by atoms with van der Waals surface area (Å²) in [5.41, 5.74) is 4.88. The maximum Gasteiger partial charge on any atom is 0.193 e. The molecular formula is C33H39NO4. The van der Waals surface area contributed by atoms with Gasteiger partial charge in [0.25, 0.3) is 0 Å². The smallest absolute Gasteiger partial charge is 0.193 e. The summed E-state index contributed by atoms with van der Waals surface area (Å²) in [6.45, 7) is 6.60. The molecule has 1 atom stereocenters. The number of phenolic OH excluding ortho intramolecular Hbond substituents is 2. The van der Waals surface area contributed by atoms with Crippen molar-refractivity contribution in [1.82, 2.24) is 5.32 Å². The lowest BCUT2D eigenvalue weighted by Gasteiger charge is -2.20. The Kier molecular flexibility index (Phi) is 11.6. The van der Waals surface area contributed by atoms with Crippen LogP contribution in [0, 0.1) is 20.8 Å². The molecule has 0 saturated heterocycles. The lowest BCUT2D eigenvalue weighted by atomic mass is 10.00. The van der Waals surface area contributed by atoms with Gasteiger partial charge in [0.2, 0.25) is 0 Å². The fourth-order valence-electron chi connectivity index (χ4n) is 3.84. The fraction of sp³-hybridized carbons (Fsp3) is 0.242. The Morgan fingerprint density at radius 1 is 0.816 bits per heavy atom. The number of carbonyl (C=O) groups excluding carboxylic acids is 1. The average molecular weight is 514 g/mol. The van der Waals surface area contributed by atoms with Crippen molar-refractivity contribution in [3.8, 4) is 17.2 Å². The highest BCUT2D eigenvalue weighted by Crippen LogP contribution is 2.30. The highest BCUT2D eigenvalue weighted by atomic mass is 16.5. The summed E-state index contributed by atoms with van der Waals surface area (Å²) >= 11 is 0. The lowest BCUT2D eigenvalue weighted by molar-refractivity contribution is 0.103. The Hall–Kier alpha value is -4.09. The van der Waals surface area contributed by atoms with Crippen LogP contribution in [-0.2, 0) is 0 Å². The Balaban J connectivity index is 0.000000260.